The van der Waals surface area contributed by atoms with Gasteiger partial charge in [-0.25, -0.2) is 0 Å². The highest BCUT2D eigenvalue weighted by molar-refractivity contribution is 6.30. The van der Waals surface area contributed by atoms with Crippen LogP contribution in [0.1, 0.15) is 18.9 Å². The lowest BCUT2D eigenvalue weighted by Crippen LogP contribution is -2.32. The van der Waals surface area contributed by atoms with E-state index in [0.717, 1.165) is 5.56 Å². The lowest BCUT2D eigenvalue weighted by molar-refractivity contribution is -0.0317. The minimum atomic E-state index is -0.870. The molecular weight excluding hydrogens is 200 g/mol. The van der Waals surface area contributed by atoms with Crippen LogP contribution in [0.2, 0.25) is 5.02 Å². The van der Waals surface area contributed by atoms with Gasteiger partial charge in [0.15, 0.2) is 0 Å². The molecule has 1 fully saturated rings. The van der Waals surface area contributed by atoms with Gasteiger partial charge in [-0.1, -0.05) is 23.7 Å². The maximum atomic E-state index is 10.4. The first kappa shape index (κ1) is 9.97. The van der Waals surface area contributed by atoms with Crippen molar-refractivity contribution >= 4 is 11.6 Å². The molecule has 0 radical (unpaired) electrons. The van der Waals surface area contributed by atoms with Crippen LogP contribution in [0.15, 0.2) is 24.3 Å². The van der Waals surface area contributed by atoms with Gasteiger partial charge in [-0.15, -0.1) is 0 Å². The Labute approximate surface area is 88.5 Å². The molecule has 0 aromatic heterocycles. The maximum Gasteiger partial charge on any atom is 0.118 e. The summed E-state index contributed by atoms with van der Waals surface area (Å²) in [6.07, 6.45) is 0.468. The van der Waals surface area contributed by atoms with Crippen molar-refractivity contribution < 1.29 is 9.84 Å². The molecule has 1 aromatic carbocycles. The van der Waals surface area contributed by atoms with E-state index in [1.54, 1.807) is 12.1 Å². The summed E-state index contributed by atoms with van der Waals surface area (Å²) in [5, 5.41) is 11.0. The highest BCUT2D eigenvalue weighted by atomic mass is 35.5. The van der Waals surface area contributed by atoms with Gasteiger partial charge in [-0.3, -0.25) is 0 Å². The fourth-order valence-electron chi connectivity index (χ4n) is 1.87. The number of aliphatic hydroxyl groups is 1. The first-order valence-electron chi connectivity index (χ1n) is 4.73. The predicted octanol–water partition coefficient (Wildman–Crippen LogP) is 2.34. The summed E-state index contributed by atoms with van der Waals surface area (Å²) in [5.74, 6) is 0. The van der Waals surface area contributed by atoms with E-state index in [0.29, 0.717) is 18.1 Å². The zero-order valence-electron chi connectivity index (χ0n) is 8.03. The van der Waals surface area contributed by atoms with Gasteiger partial charge in [-0.2, -0.15) is 0 Å². The maximum absolute atomic E-state index is 10.4. The van der Waals surface area contributed by atoms with Crippen LogP contribution in [-0.4, -0.2) is 17.8 Å². The van der Waals surface area contributed by atoms with Crippen LogP contribution in [0.5, 0.6) is 0 Å². The Hall–Kier alpha value is -0.570. The Balaban J connectivity index is 2.38. The van der Waals surface area contributed by atoms with Crippen molar-refractivity contribution in [3.8, 4) is 0 Å². The molecule has 0 spiro atoms. The van der Waals surface area contributed by atoms with E-state index in [-0.39, 0.29) is 6.10 Å². The minimum absolute atomic E-state index is 0.166. The van der Waals surface area contributed by atoms with Gasteiger partial charge in [0.25, 0.3) is 0 Å². The Kier molecular flexibility index (Phi) is 2.52. The first-order chi connectivity index (χ1) is 6.63. The Morgan fingerprint density at radius 2 is 2.36 bits per heavy atom. The molecule has 3 heteroatoms. The molecule has 1 N–H and O–H groups in total. The largest absolute Gasteiger partial charge is 0.382 e. The number of rotatable bonds is 1. The molecule has 1 aromatic rings. The molecule has 1 saturated heterocycles. The van der Waals surface area contributed by atoms with Crippen molar-refractivity contribution in [2.45, 2.75) is 25.0 Å². The molecule has 1 aliphatic heterocycles. The molecule has 76 valence electrons. The molecule has 0 amide bonds. The minimum Gasteiger partial charge on any atom is -0.382 e. The van der Waals surface area contributed by atoms with E-state index in [1.165, 1.54) is 0 Å². The van der Waals surface area contributed by atoms with Crippen molar-refractivity contribution in [1.29, 1.82) is 0 Å². The Morgan fingerprint density at radius 3 is 2.93 bits per heavy atom. The Morgan fingerprint density at radius 1 is 1.57 bits per heavy atom. The normalized spacial score (nSPS) is 32.1. The molecule has 14 heavy (non-hydrogen) atoms. The second kappa shape index (κ2) is 3.54. The van der Waals surface area contributed by atoms with Crippen LogP contribution < -0.4 is 0 Å². The van der Waals surface area contributed by atoms with Gasteiger partial charge in [0.1, 0.15) is 5.60 Å². The van der Waals surface area contributed by atoms with Crippen molar-refractivity contribution in [2.75, 3.05) is 6.61 Å². The lowest BCUT2D eigenvalue weighted by Gasteiger charge is -2.26. The van der Waals surface area contributed by atoms with Crippen molar-refractivity contribution in [2.24, 2.45) is 0 Å². The summed E-state index contributed by atoms with van der Waals surface area (Å²) in [6, 6.07) is 7.33. The topological polar surface area (TPSA) is 29.5 Å². The molecule has 0 aliphatic carbocycles. The van der Waals surface area contributed by atoms with E-state index in [2.05, 4.69) is 0 Å². The molecule has 0 saturated carbocycles. The van der Waals surface area contributed by atoms with Crippen LogP contribution in [0.4, 0.5) is 0 Å². The van der Waals surface area contributed by atoms with E-state index >= 15 is 0 Å². The number of halogens is 1. The third kappa shape index (κ3) is 1.54. The Bertz CT molecular complexity index is 340. The zero-order valence-corrected chi connectivity index (χ0v) is 8.79. The fraction of sp³-hybridized carbons (Fsp3) is 0.455. The molecule has 2 unspecified atom stereocenters. The van der Waals surface area contributed by atoms with Gasteiger partial charge in [0.05, 0.1) is 12.7 Å². The molecule has 2 rings (SSSR count). The van der Waals surface area contributed by atoms with E-state index in [1.807, 2.05) is 19.1 Å². The van der Waals surface area contributed by atoms with E-state index < -0.39 is 5.60 Å². The summed E-state index contributed by atoms with van der Waals surface area (Å²) in [6.45, 7) is 2.48. The van der Waals surface area contributed by atoms with Crippen LogP contribution in [-0.2, 0) is 10.3 Å². The van der Waals surface area contributed by atoms with Crippen LogP contribution >= 0.6 is 11.6 Å². The van der Waals surface area contributed by atoms with E-state index in [4.69, 9.17) is 16.3 Å². The molecule has 2 atom stereocenters. The third-order valence-electron chi connectivity index (χ3n) is 2.85. The van der Waals surface area contributed by atoms with Crippen LogP contribution in [0.3, 0.4) is 0 Å². The highest BCUT2D eigenvalue weighted by Gasteiger charge is 2.41. The van der Waals surface area contributed by atoms with Gasteiger partial charge >= 0.3 is 0 Å². The van der Waals surface area contributed by atoms with Gasteiger partial charge < -0.3 is 9.84 Å². The lowest BCUT2D eigenvalue weighted by atomic mass is 9.88. The third-order valence-corrected chi connectivity index (χ3v) is 3.08. The molecule has 0 bridgehead atoms. The summed E-state index contributed by atoms with van der Waals surface area (Å²) in [5.41, 5.74) is -0.0275. The summed E-state index contributed by atoms with van der Waals surface area (Å²) >= 11 is 5.88. The smallest absolute Gasteiger partial charge is 0.118 e. The van der Waals surface area contributed by atoms with E-state index in [9.17, 15) is 5.11 Å². The average molecular weight is 213 g/mol. The van der Waals surface area contributed by atoms with Gasteiger partial charge in [-0.05, 0) is 24.6 Å². The number of benzene rings is 1. The van der Waals surface area contributed by atoms with Crippen molar-refractivity contribution in [3.05, 3.63) is 34.9 Å². The number of hydrogen-bond donors (Lipinski definition) is 1. The monoisotopic (exact) mass is 212 g/mol. The standard InChI is InChI=1S/C11H13ClO2/c1-8-11(13,5-6-14-8)9-3-2-4-10(12)7-9/h2-4,7-8,13H,5-6H2,1H3. The van der Waals surface area contributed by atoms with Crippen LogP contribution in [0, 0.1) is 0 Å². The summed E-state index contributed by atoms with van der Waals surface area (Å²) in [4.78, 5) is 0. The fourth-order valence-corrected chi connectivity index (χ4v) is 2.06. The predicted molar refractivity (Wildman–Crippen MR) is 55.4 cm³/mol. The first-order valence-corrected chi connectivity index (χ1v) is 5.11. The van der Waals surface area contributed by atoms with Crippen LogP contribution in [0.25, 0.3) is 0 Å². The quantitative estimate of drug-likeness (QED) is 0.775. The number of ether oxygens (including phenoxy) is 1. The number of hydrogen-bond acceptors (Lipinski definition) is 2. The molecular formula is C11H13ClO2. The summed E-state index contributed by atoms with van der Waals surface area (Å²) in [7, 11) is 0. The SMILES string of the molecule is CC1OCCC1(O)c1cccc(Cl)c1. The van der Waals surface area contributed by atoms with Crippen molar-refractivity contribution in [3.63, 3.8) is 0 Å². The van der Waals surface area contributed by atoms with Gasteiger partial charge in [0, 0.05) is 11.4 Å². The van der Waals surface area contributed by atoms with Crippen molar-refractivity contribution in [1.82, 2.24) is 0 Å². The second-order valence-corrected chi connectivity index (χ2v) is 4.13. The molecule has 2 nitrogen and oxygen atoms in total. The second-order valence-electron chi connectivity index (χ2n) is 3.70. The van der Waals surface area contributed by atoms with Gasteiger partial charge in [0.2, 0.25) is 0 Å². The summed E-state index contributed by atoms with van der Waals surface area (Å²) < 4.78 is 5.37. The zero-order chi connectivity index (χ0) is 10.2. The molecule has 1 heterocycles. The average Bonchev–Trinajstić information content (AvgIpc) is 2.49. The highest BCUT2D eigenvalue weighted by Crippen LogP contribution is 2.36. The molecule has 1 aliphatic rings.